The van der Waals surface area contributed by atoms with Gasteiger partial charge in [-0.05, 0) is 42.9 Å². The fourth-order valence-corrected chi connectivity index (χ4v) is 3.34. The molecule has 0 saturated carbocycles. The minimum atomic E-state index is -3.75. The summed E-state index contributed by atoms with van der Waals surface area (Å²) < 4.78 is 22.5. The van der Waals surface area contributed by atoms with Crippen molar-refractivity contribution in [1.29, 1.82) is 0 Å². The number of nitrogens with one attached hydrogen (secondary N) is 2. The van der Waals surface area contributed by atoms with Crippen molar-refractivity contribution < 1.29 is 13.2 Å². The molecule has 0 bridgehead atoms. The first-order chi connectivity index (χ1) is 13.3. The van der Waals surface area contributed by atoms with Crippen LogP contribution in [0.1, 0.15) is 5.56 Å². The van der Waals surface area contributed by atoms with Gasteiger partial charge in [0.15, 0.2) is 0 Å². The number of carbonyl (C=O) groups excluding carboxylic acids is 1. The second-order valence-corrected chi connectivity index (χ2v) is 8.25. The van der Waals surface area contributed by atoms with Crippen molar-refractivity contribution in [2.45, 2.75) is 11.4 Å². The number of carbonyl (C=O) groups is 1. The maximum absolute atomic E-state index is 12.0. The Morgan fingerprint density at radius 2 is 1.79 bits per heavy atom. The van der Waals surface area contributed by atoms with Crippen LogP contribution in [0, 0.1) is 0 Å². The van der Waals surface area contributed by atoms with E-state index in [4.69, 9.17) is 5.14 Å². The zero-order valence-electron chi connectivity index (χ0n) is 15.6. The number of aromatic nitrogens is 1. The molecule has 150 valence electrons. The van der Waals surface area contributed by atoms with Crippen LogP contribution in [0.5, 0.6) is 0 Å². The predicted octanol–water partition coefficient (Wildman–Crippen LogP) is 0.803. The SMILES string of the molecule is CN1CCN(c2ccc(CNC(=O)Nc3ccc(S(N)(=O)=O)cc3)cn2)CC1. The Kier molecular flexibility index (Phi) is 6.12. The molecule has 0 spiro atoms. The first-order valence-electron chi connectivity index (χ1n) is 8.87. The molecule has 1 aromatic heterocycles. The molecule has 4 N–H and O–H groups in total. The Hall–Kier alpha value is -2.69. The summed E-state index contributed by atoms with van der Waals surface area (Å²) in [7, 11) is -1.64. The Morgan fingerprint density at radius 3 is 2.36 bits per heavy atom. The van der Waals surface area contributed by atoms with E-state index >= 15 is 0 Å². The molecule has 2 aromatic rings. The number of primary sulfonamides is 1. The highest BCUT2D eigenvalue weighted by Gasteiger charge is 2.15. The zero-order valence-corrected chi connectivity index (χ0v) is 16.4. The van der Waals surface area contributed by atoms with Gasteiger partial charge in [-0.2, -0.15) is 0 Å². The van der Waals surface area contributed by atoms with E-state index in [0.717, 1.165) is 37.6 Å². The molecule has 0 atom stereocenters. The van der Waals surface area contributed by atoms with Crippen LogP contribution >= 0.6 is 0 Å². The molecule has 0 unspecified atom stereocenters. The van der Waals surface area contributed by atoms with Gasteiger partial charge in [0, 0.05) is 44.6 Å². The molecular weight excluding hydrogens is 380 g/mol. The fourth-order valence-electron chi connectivity index (χ4n) is 2.83. The van der Waals surface area contributed by atoms with E-state index in [1.807, 2.05) is 12.1 Å². The summed E-state index contributed by atoms with van der Waals surface area (Å²) in [5.74, 6) is 0.941. The number of rotatable bonds is 5. The average Bonchev–Trinajstić information content (AvgIpc) is 2.67. The van der Waals surface area contributed by atoms with Gasteiger partial charge in [-0.1, -0.05) is 6.07 Å². The van der Waals surface area contributed by atoms with Crippen LogP contribution in [0.4, 0.5) is 16.3 Å². The average molecular weight is 404 g/mol. The van der Waals surface area contributed by atoms with Crippen LogP contribution in [-0.2, 0) is 16.6 Å². The molecule has 1 aliphatic rings. The number of anilines is 2. The largest absolute Gasteiger partial charge is 0.354 e. The van der Waals surface area contributed by atoms with Crippen molar-refractivity contribution in [2.75, 3.05) is 43.4 Å². The second-order valence-electron chi connectivity index (χ2n) is 6.69. The van der Waals surface area contributed by atoms with Crippen molar-refractivity contribution in [3.8, 4) is 0 Å². The van der Waals surface area contributed by atoms with Crippen LogP contribution < -0.4 is 20.7 Å². The van der Waals surface area contributed by atoms with Gasteiger partial charge < -0.3 is 20.4 Å². The lowest BCUT2D eigenvalue weighted by Gasteiger charge is -2.33. The van der Waals surface area contributed by atoms with Crippen LogP contribution in [0.2, 0.25) is 0 Å². The lowest BCUT2D eigenvalue weighted by Crippen LogP contribution is -2.44. The first kappa shape index (κ1) is 20.1. The summed E-state index contributed by atoms with van der Waals surface area (Å²) in [5.41, 5.74) is 1.35. The molecule has 2 heterocycles. The molecule has 1 fully saturated rings. The third-order valence-corrected chi connectivity index (χ3v) is 5.46. The lowest BCUT2D eigenvalue weighted by molar-refractivity contribution is 0.251. The van der Waals surface area contributed by atoms with Gasteiger partial charge in [-0.25, -0.2) is 23.3 Å². The number of benzene rings is 1. The highest BCUT2D eigenvalue weighted by atomic mass is 32.2. The van der Waals surface area contributed by atoms with Crippen molar-refractivity contribution >= 4 is 27.6 Å². The number of piperazine rings is 1. The highest BCUT2D eigenvalue weighted by molar-refractivity contribution is 7.89. The monoisotopic (exact) mass is 404 g/mol. The maximum atomic E-state index is 12.0. The smallest absolute Gasteiger partial charge is 0.319 e. The van der Waals surface area contributed by atoms with Crippen molar-refractivity contribution in [2.24, 2.45) is 5.14 Å². The molecular formula is C18H24N6O3S. The van der Waals surface area contributed by atoms with E-state index in [2.05, 4.69) is 32.5 Å². The molecule has 1 saturated heterocycles. The van der Waals surface area contributed by atoms with E-state index in [1.54, 1.807) is 6.20 Å². The number of nitrogens with two attached hydrogens (primary N) is 1. The van der Waals surface area contributed by atoms with Crippen LogP contribution in [-0.4, -0.2) is 57.6 Å². The number of sulfonamides is 1. The van der Waals surface area contributed by atoms with Crippen molar-refractivity contribution in [3.05, 3.63) is 48.2 Å². The molecule has 0 radical (unpaired) electrons. The summed E-state index contributed by atoms with van der Waals surface area (Å²) in [6.45, 7) is 4.27. The third kappa shape index (κ3) is 5.41. The van der Waals surface area contributed by atoms with Gasteiger partial charge in [0.05, 0.1) is 4.90 Å². The standard InChI is InChI=1S/C18H24N6O3S/c1-23-8-10-24(11-9-23)17-7-2-14(12-20-17)13-21-18(25)22-15-3-5-16(6-4-15)28(19,26)27/h2-7,12H,8-11,13H2,1H3,(H2,19,26,27)(H2,21,22,25). The molecule has 3 rings (SSSR count). The minimum absolute atomic E-state index is 0.00928. The number of nitrogens with zero attached hydrogens (tertiary/aromatic N) is 3. The summed E-state index contributed by atoms with van der Waals surface area (Å²) in [6, 6.07) is 9.15. The highest BCUT2D eigenvalue weighted by Crippen LogP contribution is 2.14. The number of pyridine rings is 1. The van der Waals surface area contributed by atoms with E-state index in [9.17, 15) is 13.2 Å². The predicted molar refractivity (Wildman–Crippen MR) is 108 cm³/mol. The molecule has 0 aliphatic carbocycles. The summed E-state index contributed by atoms with van der Waals surface area (Å²) in [6.07, 6.45) is 1.76. The summed E-state index contributed by atoms with van der Waals surface area (Å²) in [4.78, 5) is 21.0. The van der Waals surface area contributed by atoms with E-state index in [-0.39, 0.29) is 4.90 Å². The van der Waals surface area contributed by atoms with Crippen LogP contribution in [0.15, 0.2) is 47.5 Å². The third-order valence-electron chi connectivity index (χ3n) is 4.53. The molecule has 2 amide bonds. The van der Waals surface area contributed by atoms with Gasteiger partial charge >= 0.3 is 6.03 Å². The number of likely N-dealkylation sites (N-methyl/N-ethyl adjacent to an activating group) is 1. The fraction of sp³-hybridized carbons (Fsp3) is 0.333. The molecule has 10 heteroatoms. The number of amides is 2. The number of hydrogen-bond donors (Lipinski definition) is 3. The Labute approximate surface area is 164 Å². The van der Waals surface area contributed by atoms with Crippen molar-refractivity contribution in [3.63, 3.8) is 0 Å². The molecule has 9 nitrogen and oxygen atoms in total. The maximum Gasteiger partial charge on any atom is 0.319 e. The summed E-state index contributed by atoms with van der Waals surface area (Å²) in [5, 5.41) is 10.4. The van der Waals surface area contributed by atoms with E-state index in [0.29, 0.717) is 12.2 Å². The van der Waals surface area contributed by atoms with Crippen LogP contribution in [0.25, 0.3) is 0 Å². The van der Waals surface area contributed by atoms with Gasteiger partial charge in [0.25, 0.3) is 0 Å². The van der Waals surface area contributed by atoms with Gasteiger partial charge in [0.2, 0.25) is 10.0 Å². The minimum Gasteiger partial charge on any atom is -0.354 e. The Bertz CT molecular complexity index is 907. The number of hydrogen-bond acceptors (Lipinski definition) is 6. The van der Waals surface area contributed by atoms with Gasteiger partial charge in [-0.3, -0.25) is 0 Å². The number of urea groups is 1. The summed E-state index contributed by atoms with van der Waals surface area (Å²) >= 11 is 0. The topological polar surface area (TPSA) is 121 Å². The Morgan fingerprint density at radius 1 is 1.11 bits per heavy atom. The lowest BCUT2D eigenvalue weighted by atomic mass is 10.2. The molecule has 1 aliphatic heterocycles. The van der Waals surface area contributed by atoms with Crippen LogP contribution in [0.3, 0.4) is 0 Å². The van der Waals surface area contributed by atoms with Gasteiger partial charge in [-0.15, -0.1) is 0 Å². The molecule has 1 aromatic carbocycles. The zero-order chi connectivity index (χ0) is 20.1. The second kappa shape index (κ2) is 8.55. The quantitative estimate of drug-likeness (QED) is 0.678. The van der Waals surface area contributed by atoms with E-state index in [1.165, 1.54) is 24.3 Å². The molecule has 28 heavy (non-hydrogen) atoms. The Balaban J connectivity index is 1.49. The normalized spacial score (nSPS) is 15.3. The first-order valence-corrected chi connectivity index (χ1v) is 10.4. The van der Waals surface area contributed by atoms with Gasteiger partial charge in [0.1, 0.15) is 5.82 Å². The van der Waals surface area contributed by atoms with E-state index < -0.39 is 16.1 Å². The van der Waals surface area contributed by atoms with Crippen molar-refractivity contribution in [1.82, 2.24) is 15.2 Å².